The first kappa shape index (κ1) is 19.0. The summed E-state index contributed by atoms with van der Waals surface area (Å²) in [5.74, 6) is 0.00484. The fourth-order valence-corrected chi connectivity index (χ4v) is 5.61. The zero-order valence-corrected chi connectivity index (χ0v) is 17.8. The maximum absolute atomic E-state index is 12.2. The summed E-state index contributed by atoms with van der Waals surface area (Å²) in [6, 6.07) is 19.3. The highest BCUT2D eigenvalue weighted by Gasteiger charge is 2.38. The van der Waals surface area contributed by atoms with Gasteiger partial charge in [-0.25, -0.2) is 0 Å². The van der Waals surface area contributed by atoms with Gasteiger partial charge in [0.15, 0.2) is 0 Å². The van der Waals surface area contributed by atoms with Crippen molar-refractivity contribution >= 4 is 22.4 Å². The SMILES string of the molecule is O=C1Nc2ccc(Cc3ccc(CN4CCC5(CCCO5)CC4)cc3)c3cccc1c23. The summed E-state index contributed by atoms with van der Waals surface area (Å²) in [5, 5.41) is 5.21. The van der Waals surface area contributed by atoms with Gasteiger partial charge in [-0.2, -0.15) is 0 Å². The molecule has 3 heterocycles. The van der Waals surface area contributed by atoms with Crippen molar-refractivity contribution in [3.63, 3.8) is 0 Å². The Labute approximate surface area is 183 Å². The molecule has 3 aromatic carbocycles. The predicted molar refractivity (Wildman–Crippen MR) is 124 cm³/mol. The third-order valence-electron chi connectivity index (χ3n) is 7.40. The number of benzene rings is 3. The van der Waals surface area contributed by atoms with Crippen molar-refractivity contribution in [2.45, 2.75) is 44.2 Å². The van der Waals surface area contributed by atoms with E-state index in [2.05, 4.69) is 46.6 Å². The summed E-state index contributed by atoms with van der Waals surface area (Å²) >= 11 is 0. The number of ether oxygens (including phenoxy) is 1. The zero-order valence-electron chi connectivity index (χ0n) is 17.8. The summed E-state index contributed by atoms with van der Waals surface area (Å²) in [4.78, 5) is 14.7. The molecule has 1 spiro atoms. The molecule has 0 aromatic heterocycles. The molecular weight excluding hydrogens is 384 g/mol. The molecule has 6 rings (SSSR count). The van der Waals surface area contributed by atoms with Gasteiger partial charge in [-0.05, 0) is 66.3 Å². The van der Waals surface area contributed by atoms with Gasteiger partial charge in [-0.15, -0.1) is 0 Å². The standard InChI is InChI=1S/C27H28N2O2/c30-26-23-4-1-3-22-21(9-10-24(28-26)25(22)23)17-19-5-7-20(8-6-19)18-29-14-12-27(13-15-29)11-2-16-31-27/h1,3-10H,2,11-18H2,(H,28,30). The highest BCUT2D eigenvalue weighted by Crippen LogP contribution is 2.37. The van der Waals surface area contributed by atoms with Gasteiger partial charge in [0, 0.05) is 42.9 Å². The smallest absolute Gasteiger partial charge is 0.256 e. The van der Waals surface area contributed by atoms with E-state index in [9.17, 15) is 4.79 Å². The lowest BCUT2D eigenvalue weighted by Crippen LogP contribution is -2.43. The van der Waals surface area contributed by atoms with Crippen molar-refractivity contribution in [1.82, 2.24) is 4.90 Å². The Bertz CT molecular complexity index is 1140. The van der Waals surface area contributed by atoms with Crippen molar-refractivity contribution < 1.29 is 9.53 Å². The van der Waals surface area contributed by atoms with Gasteiger partial charge in [0.05, 0.1) is 5.60 Å². The molecule has 0 radical (unpaired) electrons. The van der Waals surface area contributed by atoms with E-state index in [1.807, 2.05) is 18.2 Å². The minimum atomic E-state index is 0.00484. The minimum Gasteiger partial charge on any atom is -0.375 e. The number of nitrogens with one attached hydrogen (secondary N) is 1. The van der Waals surface area contributed by atoms with Crippen LogP contribution in [0.4, 0.5) is 5.69 Å². The van der Waals surface area contributed by atoms with Crippen LogP contribution in [0, 0.1) is 0 Å². The van der Waals surface area contributed by atoms with Gasteiger partial charge in [0.25, 0.3) is 5.91 Å². The van der Waals surface area contributed by atoms with E-state index in [4.69, 9.17) is 4.74 Å². The van der Waals surface area contributed by atoms with Crippen molar-refractivity contribution in [2.24, 2.45) is 0 Å². The molecule has 2 saturated heterocycles. The number of nitrogens with zero attached hydrogens (tertiary/aromatic N) is 1. The largest absolute Gasteiger partial charge is 0.375 e. The zero-order chi connectivity index (χ0) is 20.8. The van der Waals surface area contributed by atoms with Crippen LogP contribution < -0.4 is 5.32 Å². The first-order valence-electron chi connectivity index (χ1n) is 11.5. The second-order valence-electron chi connectivity index (χ2n) is 9.36. The second kappa shape index (κ2) is 7.47. The summed E-state index contributed by atoms with van der Waals surface area (Å²) < 4.78 is 6.06. The van der Waals surface area contributed by atoms with E-state index < -0.39 is 0 Å². The number of piperidine rings is 1. The second-order valence-corrected chi connectivity index (χ2v) is 9.36. The molecule has 3 aliphatic rings. The molecule has 2 fully saturated rings. The fraction of sp³-hybridized carbons (Fsp3) is 0.370. The van der Waals surface area contributed by atoms with Gasteiger partial charge >= 0.3 is 0 Å². The molecule has 0 bridgehead atoms. The average Bonchev–Trinajstić information content (AvgIpc) is 3.39. The monoisotopic (exact) mass is 412 g/mol. The topological polar surface area (TPSA) is 41.6 Å². The van der Waals surface area contributed by atoms with Crippen LogP contribution in [0.2, 0.25) is 0 Å². The molecule has 0 saturated carbocycles. The molecule has 0 atom stereocenters. The van der Waals surface area contributed by atoms with Crippen molar-refractivity contribution in [1.29, 1.82) is 0 Å². The van der Waals surface area contributed by atoms with E-state index in [-0.39, 0.29) is 11.5 Å². The molecule has 4 nitrogen and oxygen atoms in total. The molecule has 158 valence electrons. The van der Waals surface area contributed by atoms with Gasteiger partial charge < -0.3 is 10.1 Å². The average molecular weight is 413 g/mol. The first-order chi connectivity index (χ1) is 15.2. The number of rotatable bonds is 4. The molecular formula is C27H28N2O2. The molecule has 0 unspecified atom stereocenters. The van der Waals surface area contributed by atoms with Gasteiger partial charge in [-0.1, -0.05) is 42.5 Å². The van der Waals surface area contributed by atoms with Crippen LogP contribution in [0.25, 0.3) is 10.8 Å². The summed E-state index contributed by atoms with van der Waals surface area (Å²) in [6.45, 7) is 4.24. The third-order valence-corrected chi connectivity index (χ3v) is 7.40. The van der Waals surface area contributed by atoms with Gasteiger partial charge in [0.2, 0.25) is 0 Å². The maximum atomic E-state index is 12.2. The Morgan fingerprint density at radius 1 is 0.935 bits per heavy atom. The van der Waals surface area contributed by atoms with Crippen LogP contribution in [0.1, 0.15) is 52.7 Å². The van der Waals surface area contributed by atoms with E-state index in [0.29, 0.717) is 0 Å². The van der Waals surface area contributed by atoms with E-state index in [1.54, 1.807) is 0 Å². The van der Waals surface area contributed by atoms with Crippen LogP contribution >= 0.6 is 0 Å². The Hall–Kier alpha value is -2.69. The molecule has 1 N–H and O–H groups in total. The summed E-state index contributed by atoms with van der Waals surface area (Å²) in [5.41, 5.74) is 5.86. The highest BCUT2D eigenvalue weighted by molar-refractivity contribution is 6.24. The molecule has 3 aliphatic heterocycles. The Balaban J connectivity index is 1.15. The van der Waals surface area contributed by atoms with Crippen LogP contribution in [0.3, 0.4) is 0 Å². The van der Waals surface area contributed by atoms with Crippen LogP contribution in [0.5, 0.6) is 0 Å². The van der Waals surface area contributed by atoms with Crippen LogP contribution in [-0.2, 0) is 17.7 Å². The van der Waals surface area contributed by atoms with Crippen molar-refractivity contribution in [3.05, 3.63) is 76.9 Å². The Morgan fingerprint density at radius 2 is 1.74 bits per heavy atom. The first-order valence-corrected chi connectivity index (χ1v) is 11.5. The molecule has 3 aromatic rings. The Kier molecular flexibility index (Phi) is 4.58. The maximum Gasteiger partial charge on any atom is 0.256 e. The number of anilines is 1. The van der Waals surface area contributed by atoms with E-state index >= 15 is 0 Å². The lowest BCUT2D eigenvalue weighted by atomic mass is 9.88. The van der Waals surface area contributed by atoms with Crippen LogP contribution in [-0.4, -0.2) is 36.1 Å². The minimum absolute atomic E-state index is 0.00484. The quantitative estimate of drug-likeness (QED) is 0.645. The normalized spacial score (nSPS) is 19.9. The summed E-state index contributed by atoms with van der Waals surface area (Å²) in [7, 11) is 0. The van der Waals surface area contributed by atoms with E-state index in [0.717, 1.165) is 49.3 Å². The van der Waals surface area contributed by atoms with Gasteiger partial charge in [-0.3, -0.25) is 9.69 Å². The highest BCUT2D eigenvalue weighted by atomic mass is 16.5. The van der Waals surface area contributed by atoms with Crippen LogP contribution in [0.15, 0.2) is 54.6 Å². The number of hydrogen-bond acceptors (Lipinski definition) is 3. The van der Waals surface area contributed by atoms with Gasteiger partial charge in [0.1, 0.15) is 0 Å². The number of likely N-dealkylation sites (tertiary alicyclic amines) is 1. The molecule has 31 heavy (non-hydrogen) atoms. The number of carbonyl (C=O) groups excluding carboxylic acids is 1. The van der Waals surface area contributed by atoms with Crippen molar-refractivity contribution in [3.8, 4) is 0 Å². The predicted octanol–water partition coefficient (Wildman–Crippen LogP) is 5.14. The van der Waals surface area contributed by atoms with E-state index in [1.165, 1.54) is 47.8 Å². The molecule has 0 aliphatic carbocycles. The lowest BCUT2D eigenvalue weighted by Gasteiger charge is -2.38. The van der Waals surface area contributed by atoms with Crippen molar-refractivity contribution in [2.75, 3.05) is 25.0 Å². The molecule has 4 heteroatoms. The Morgan fingerprint density at radius 3 is 2.52 bits per heavy atom. The summed E-state index contributed by atoms with van der Waals surface area (Å²) in [6.07, 6.45) is 5.70. The molecule has 1 amide bonds. The fourth-order valence-electron chi connectivity index (χ4n) is 5.61. The lowest BCUT2D eigenvalue weighted by molar-refractivity contribution is -0.0447. The number of hydrogen-bond donors (Lipinski definition) is 1. The third kappa shape index (κ3) is 3.44. The number of carbonyl (C=O) groups is 1. The number of amides is 1.